The molecule has 0 radical (unpaired) electrons. The van der Waals surface area contributed by atoms with Crippen LogP contribution in [0, 0.1) is 0 Å². The van der Waals surface area contributed by atoms with Crippen LogP contribution in [0.2, 0.25) is 0 Å². The van der Waals surface area contributed by atoms with Gasteiger partial charge in [-0.15, -0.1) is 0 Å². The molecule has 0 aromatic carbocycles. The van der Waals surface area contributed by atoms with Gasteiger partial charge in [-0.05, 0) is 0 Å². The molecule has 1 aromatic heterocycles. The summed E-state index contributed by atoms with van der Waals surface area (Å²) in [6.07, 6.45) is 0. The summed E-state index contributed by atoms with van der Waals surface area (Å²) in [6.45, 7) is 3.58. The van der Waals surface area contributed by atoms with Crippen LogP contribution in [0.5, 0.6) is 0 Å². The Labute approximate surface area is 87.5 Å². The highest BCUT2D eigenvalue weighted by molar-refractivity contribution is 7.85. The smallest absolute Gasteiger partial charge is 0.324 e. The van der Waals surface area contributed by atoms with Crippen molar-refractivity contribution in [3.05, 3.63) is 11.6 Å². The zero-order valence-electron chi connectivity index (χ0n) is 8.38. The number of hydrogen-bond acceptors (Lipinski definition) is 6. The van der Waals surface area contributed by atoms with Gasteiger partial charge in [0.25, 0.3) is 5.16 Å². The van der Waals surface area contributed by atoms with Crippen molar-refractivity contribution in [1.82, 2.24) is 15.0 Å². The van der Waals surface area contributed by atoms with Crippen molar-refractivity contribution in [1.29, 1.82) is 0 Å². The van der Waals surface area contributed by atoms with E-state index < -0.39 is 15.3 Å². The van der Waals surface area contributed by atoms with Gasteiger partial charge in [0, 0.05) is 5.92 Å². The first-order valence-corrected chi connectivity index (χ1v) is 5.71. The minimum atomic E-state index is -4.41. The SMILES string of the molecule is CC(C)c1nc(CN)nc(S(=O)(=O)O)n1. The monoisotopic (exact) mass is 232 g/mol. The van der Waals surface area contributed by atoms with Crippen LogP contribution >= 0.6 is 0 Å². The first-order chi connectivity index (χ1) is 6.84. The Hall–Kier alpha value is -1.12. The summed E-state index contributed by atoms with van der Waals surface area (Å²) in [4.78, 5) is 11.1. The zero-order chi connectivity index (χ0) is 11.6. The third-order valence-electron chi connectivity index (χ3n) is 1.61. The maximum atomic E-state index is 10.8. The van der Waals surface area contributed by atoms with Gasteiger partial charge in [0.2, 0.25) is 0 Å². The van der Waals surface area contributed by atoms with Crippen LogP contribution in [0.4, 0.5) is 0 Å². The van der Waals surface area contributed by atoms with Crippen LogP contribution < -0.4 is 5.73 Å². The van der Waals surface area contributed by atoms with Crippen LogP contribution in [0.3, 0.4) is 0 Å². The summed E-state index contributed by atoms with van der Waals surface area (Å²) in [5.74, 6) is 0.359. The fourth-order valence-corrected chi connectivity index (χ4v) is 1.31. The highest BCUT2D eigenvalue weighted by Gasteiger charge is 2.17. The molecule has 0 atom stereocenters. The first kappa shape index (κ1) is 12.0. The Morgan fingerprint density at radius 1 is 1.33 bits per heavy atom. The van der Waals surface area contributed by atoms with E-state index in [4.69, 9.17) is 10.3 Å². The van der Waals surface area contributed by atoms with Gasteiger partial charge >= 0.3 is 10.1 Å². The Bertz CT molecular complexity index is 457. The van der Waals surface area contributed by atoms with Crippen molar-refractivity contribution < 1.29 is 13.0 Å². The third kappa shape index (κ3) is 2.91. The molecule has 0 aliphatic heterocycles. The summed E-state index contributed by atoms with van der Waals surface area (Å²) >= 11 is 0. The number of aromatic nitrogens is 3. The summed E-state index contributed by atoms with van der Waals surface area (Å²) in [5.41, 5.74) is 5.30. The maximum absolute atomic E-state index is 10.8. The average Bonchev–Trinajstić information content (AvgIpc) is 2.15. The largest absolute Gasteiger partial charge is 0.330 e. The van der Waals surface area contributed by atoms with E-state index in [0.717, 1.165) is 0 Å². The van der Waals surface area contributed by atoms with E-state index in [0.29, 0.717) is 0 Å². The van der Waals surface area contributed by atoms with Crippen molar-refractivity contribution in [3.8, 4) is 0 Å². The molecule has 0 saturated carbocycles. The van der Waals surface area contributed by atoms with Crippen molar-refractivity contribution in [3.63, 3.8) is 0 Å². The normalized spacial score (nSPS) is 12.1. The molecular formula is C7H12N4O3S. The molecule has 0 bridgehead atoms. The van der Waals surface area contributed by atoms with E-state index in [1.54, 1.807) is 13.8 Å². The molecule has 0 amide bonds. The fourth-order valence-electron chi connectivity index (χ4n) is 0.880. The van der Waals surface area contributed by atoms with Crippen LogP contribution in [0.25, 0.3) is 0 Å². The van der Waals surface area contributed by atoms with Gasteiger partial charge in [-0.1, -0.05) is 13.8 Å². The zero-order valence-corrected chi connectivity index (χ0v) is 9.19. The van der Waals surface area contributed by atoms with E-state index in [2.05, 4.69) is 15.0 Å². The lowest BCUT2D eigenvalue weighted by molar-refractivity contribution is 0.470. The quantitative estimate of drug-likeness (QED) is 0.686. The summed E-state index contributed by atoms with van der Waals surface area (Å²) < 4.78 is 30.5. The Morgan fingerprint density at radius 2 is 1.93 bits per heavy atom. The predicted octanol–water partition coefficient (Wildman–Crippen LogP) is -0.300. The average molecular weight is 232 g/mol. The van der Waals surface area contributed by atoms with E-state index in [9.17, 15) is 8.42 Å². The van der Waals surface area contributed by atoms with E-state index >= 15 is 0 Å². The van der Waals surface area contributed by atoms with Crippen LogP contribution in [0.15, 0.2) is 5.16 Å². The van der Waals surface area contributed by atoms with Gasteiger partial charge in [-0.2, -0.15) is 13.4 Å². The van der Waals surface area contributed by atoms with Crippen molar-refractivity contribution in [2.75, 3.05) is 0 Å². The highest BCUT2D eigenvalue weighted by Crippen LogP contribution is 2.11. The van der Waals surface area contributed by atoms with Crippen molar-refractivity contribution in [2.24, 2.45) is 5.73 Å². The number of hydrogen-bond donors (Lipinski definition) is 2. The molecule has 1 heterocycles. The molecular weight excluding hydrogens is 220 g/mol. The third-order valence-corrected chi connectivity index (χ3v) is 2.25. The number of nitrogens with two attached hydrogens (primary N) is 1. The molecule has 7 nitrogen and oxygen atoms in total. The molecule has 0 fully saturated rings. The molecule has 1 aromatic rings. The van der Waals surface area contributed by atoms with Gasteiger partial charge in [-0.3, -0.25) is 4.55 Å². The van der Waals surface area contributed by atoms with E-state index in [1.165, 1.54) is 0 Å². The van der Waals surface area contributed by atoms with Crippen LogP contribution in [-0.2, 0) is 16.7 Å². The van der Waals surface area contributed by atoms with Crippen molar-refractivity contribution in [2.45, 2.75) is 31.5 Å². The minimum absolute atomic E-state index is 0.00917. The molecule has 0 saturated heterocycles. The minimum Gasteiger partial charge on any atom is -0.324 e. The van der Waals surface area contributed by atoms with Gasteiger partial charge in [-0.25, -0.2) is 9.97 Å². The second-order valence-electron chi connectivity index (χ2n) is 3.23. The summed E-state index contributed by atoms with van der Waals surface area (Å²) in [6, 6.07) is 0. The number of nitrogens with zero attached hydrogens (tertiary/aromatic N) is 3. The van der Waals surface area contributed by atoms with E-state index in [1.807, 2.05) is 0 Å². The molecule has 8 heteroatoms. The molecule has 0 aliphatic carbocycles. The van der Waals surface area contributed by atoms with Crippen molar-refractivity contribution >= 4 is 10.1 Å². The lowest BCUT2D eigenvalue weighted by Crippen LogP contribution is -2.14. The predicted molar refractivity (Wildman–Crippen MR) is 51.6 cm³/mol. The molecule has 0 spiro atoms. The summed E-state index contributed by atoms with van der Waals surface area (Å²) in [7, 11) is -4.41. The van der Waals surface area contributed by atoms with Gasteiger partial charge in [0.05, 0.1) is 6.54 Å². The Morgan fingerprint density at radius 3 is 2.33 bits per heavy atom. The van der Waals surface area contributed by atoms with Crippen LogP contribution in [0.1, 0.15) is 31.4 Å². The molecule has 1 rings (SSSR count). The van der Waals surface area contributed by atoms with E-state index in [-0.39, 0.29) is 24.1 Å². The highest BCUT2D eigenvalue weighted by atomic mass is 32.2. The molecule has 0 aliphatic rings. The van der Waals surface area contributed by atoms with Crippen LogP contribution in [-0.4, -0.2) is 27.9 Å². The summed E-state index contributed by atoms with van der Waals surface area (Å²) in [5, 5.41) is -0.651. The van der Waals surface area contributed by atoms with Gasteiger partial charge in [0.15, 0.2) is 0 Å². The number of rotatable bonds is 3. The Kier molecular flexibility index (Phi) is 3.32. The second-order valence-corrected chi connectivity index (χ2v) is 4.54. The fraction of sp³-hybridized carbons (Fsp3) is 0.571. The molecule has 84 valence electrons. The van der Waals surface area contributed by atoms with Gasteiger partial charge < -0.3 is 5.73 Å². The molecule has 3 N–H and O–H groups in total. The second kappa shape index (κ2) is 4.17. The maximum Gasteiger partial charge on any atom is 0.330 e. The first-order valence-electron chi connectivity index (χ1n) is 4.27. The lowest BCUT2D eigenvalue weighted by atomic mass is 10.2. The molecule has 0 unspecified atom stereocenters. The standard InChI is InChI=1S/C7H12N4O3S/c1-4(2)6-9-5(3-8)10-7(11-6)15(12,13)14/h4H,3,8H2,1-2H3,(H,12,13,14). The van der Waals surface area contributed by atoms with Gasteiger partial charge in [0.1, 0.15) is 11.6 Å². The molecule has 15 heavy (non-hydrogen) atoms. The lowest BCUT2D eigenvalue weighted by Gasteiger charge is -2.06. The Balaban J connectivity index is 3.36. The topological polar surface area (TPSA) is 119 Å².